The Morgan fingerprint density at radius 2 is 2.00 bits per heavy atom. The highest BCUT2D eigenvalue weighted by molar-refractivity contribution is 5.87. The first-order chi connectivity index (χ1) is 11.2. The van der Waals surface area contributed by atoms with Gasteiger partial charge in [0.2, 0.25) is 0 Å². The highest BCUT2D eigenvalue weighted by Crippen LogP contribution is 2.65. The smallest absolute Gasteiger partial charge is 0.139 e. The molecule has 0 aromatic carbocycles. The molecule has 21 heavy (non-hydrogen) atoms. The summed E-state index contributed by atoms with van der Waals surface area (Å²) in [6, 6.07) is 0. The number of rotatable bonds is 0. The van der Waals surface area contributed by atoms with Gasteiger partial charge in [-0.15, -0.1) is 0 Å². The van der Waals surface area contributed by atoms with Crippen LogP contribution in [0.25, 0.3) is 0 Å². The normalized spacial score (nSPS) is 59.2. The summed E-state index contributed by atoms with van der Waals surface area (Å²) in [5.74, 6) is 1.52. The first kappa shape index (κ1) is 11.2. The van der Waals surface area contributed by atoms with Crippen molar-refractivity contribution in [1.82, 2.24) is 0 Å². The van der Waals surface area contributed by atoms with E-state index in [0.717, 1.165) is 32.1 Å². The zero-order chi connectivity index (χ0) is 17.3. The van der Waals surface area contributed by atoms with Crippen molar-refractivity contribution in [2.24, 2.45) is 34.5 Å². The fraction of sp³-hybridized carbons (Fsp3) is 0.947. The standard InChI is InChI=1S/C19H30O2/c1-18-9-7-13(20)11-12(18)3-4-14-15-5-6-17(21)19(15,2)10-8-16(14)18/h12-16,20H,3-11H2,1-2H3/t12-,13+,14-,15-,16-,18-,19-/m1/s1/i1D3. The first-order valence-electron chi connectivity index (χ1n) is 10.4. The van der Waals surface area contributed by atoms with Gasteiger partial charge in [0.1, 0.15) is 5.78 Å². The predicted octanol–water partition coefficient (Wildman–Crippen LogP) is 3.96. The first-order valence-corrected chi connectivity index (χ1v) is 8.91. The molecule has 4 fully saturated rings. The summed E-state index contributed by atoms with van der Waals surface area (Å²) in [4.78, 5) is 12.5. The monoisotopic (exact) mass is 293 g/mol. The van der Waals surface area contributed by atoms with E-state index in [1.807, 2.05) is 0 Å². The molecule has 2 heteroatoms. The van der Waals surface area contributed by atoms with Crippen molar-refractivity contribution in [3.63, 3.8) is 0 Å². The quantitative estimate of drug-likeness (QED) is 0.734. The van der Waals surface area contributed by atoms with Gasteiger partial charge in [-0.25, -0.2) is 0 Å². The highest BCUT2D eigenvalue weighted by Gasteiger charge is 2.60. The topological polar surface area (TPSA) is 37.3 Å². The molecule has 4 aliphatic carbocycles. The molecule has 4 aliphatic rings. The van der Waals surface area contributed by atoms with Crippen LogP contribution < -0.4 is 0 Å². The molecule has 118 valence electrons. The molecule has 4 saturated carbocycles. The molecule has 0 aromatic rings. The van der Waals surface area contributed by atoms with Gasteiger partial charge >= 0.3 is 0 Å². The molecule has 0 amide bonds. The molecule has 0 unspecified atom stereocenters. The molecule has 0 aromatic heterocycles. The van der Waals surface area contributed by atoms with E-state index < -0.39 is 12.3 Å². The minimum atomic E-state index is -1.96. The van der Waals surface area contributed by atoms with Crippen LogP contribution in [0.2, 0.25) is 0 Å². The molecule has 0 bridgehead atoms. The number of aliphatic hydroxyl groups is 1. The summed E-state index contributed by atoms with van der Waals surface area (Å²) in [7, 11) is 0. The number of carbonyl (C=O) groups excluding carboxylic acids is 1. The summed E-state index contributed by atoms with van der Waals surface area (Å²) in [5.41, 5.74) is -0.819. The van der Waals surface area contributed by atoms with Gasteiger partial charge in [0, 0.05) is 15.9 Å². The van der Waals surface area contributed by atoms with E-state index in [1.54, 1.807) is 0 Å². The zero-order valence-electron chi connectivity index (χ0n) is 16.1. The molecule has 0 radical (unpaired) electrons. The summed E-state index contributed by atoms with van der Waals surface area (Å²) in [6.07, 6.45) is 6.94. The average molecular weight is 293 g/mol. The second-order valence-corrected chi connectivity index (χ2v) is 8.54. The molecule has 0 aliphatic heterocycles. The van der Waals surface area contributed by atoms with Gasteiger partial charge in [-0.2, -0.15) is 0 Å². The Morgan fingerprint density at radius 1 is 1.14 bits per heavy atom. The lowest BCUT2D eigenvalue weighted by molar-refractivity contribution is -0.142. The van der Waals surface area contributed by atoms with Crippen LogP contribution in [0.3, 0.4) is 0 Å². The van der Waals surface area contributed by atoms with Crippen LogP contribution in [0.4, 0.5) is 0 Å². The van der Waals surface area contributed by atoms with Crippen molar-refractivity contribution < 1.29 is 14.0 Å². The molecule has 1 N–H and O–H groups in total. The third kappa shape index (κ3) is 1.84. The maximum Gasteiger partial charge on any atom is 0.139 e. The predicted molar refractivity (Wildman–Crippen MR) is 82.7 cm³/mol. The van der Waals surface area contributed by atoms with Gasteiger partial charge in [-0.05, 0) is 80.5 Å². The molecule has 0 saturated heterocycles. The van der Waals surface area contributed by atoms with E-state index in [-0.39, 0.29) is 23.4 Å². The van der Waals surface area contributed by atoms with Crippen molar-refractivity contribution >= 4 is 5.78 Å². The Hall–Kier alpha value is -0.370. The maximum atomic E-state index is 12.5. The Labute approximate surface area is 132 Å². The number of hydrogen-bond acceptors (Lipinski definition) is 2. The van der Waals surface area contributed by atoms with Crippen LogP contribution in [0, 0.1) is 34.5 Å². The molecule has 2 nitrogen and oxygen atoms in total. The fourth-order valence-electron chi connectivity index (χ4n) is 6.62. The van der Waals surface area contributed by atoms with Crippen LogP contribution in [0.1, 0.15) is 75.7 Å². The second kappa shape index (κ2) is 4.57. The molecule has 4 rings (SSSR count). The molecular formula is C19H30O2. The lowest BCUT2D eigenvalue weighted by Crippen LogP contribution is -2.54. The number of fused-ring (bicyclic) bond motifs is 5. The van der Waals surface area contributed by atoms with E-state index in [4.69, 9.17) is 4.11 Å². The lowest BCUT2D eigenvalue weighted by atomic mass is 9.45. The Balaban J connectivity index is 1.73. The summed E-state index contributed by atoms with van der Waals surface area (Å²) in [6.45, 7) is 0.180. The summed E-state index contributed by atoms with van der Waals surface area (Å²) >= 11 is 0. The van der Waals surface area contributed by atoms with Crippen LogP contribution in [0.15, 0.2) is 0 Å². The number of ketones is 1. The van der Waals surface area contributed by atoms with Gasteiger partial charge in [0.05, 0.1) is 6.10 Å². The summed E-state index contributed by atoms with van der Waals surface area (Å²) in [5, 5.41) is 10.1. The fourth-order valence-corrected chi connectivity index (χ4v) is 6.62. The van der Waals surface area contributed by atoms with Gasteiger partial charge in [-0.3, -0.25) is 4.79 Å². The van der Waals surface area contributed by atoms with Crippen LogP contribution in [-0.2, 0) is 4.79 Å². The highest BCUT2D eigenvalue weighted by atomic mass is 16.3. The van der Waals surface area contributed by atoms with E-state index in [1.165, 1.54) is 0 Å². The van der Waals surface area contributed by atoms with Gasteiger partial charge in [0.25, 0.3) is 0 Å². The summed E-state index contributed by atoms with van der Waals surface area (Å²) < 4.78 is 25.2. The Kier molecular flexibility index (Phi) is 2.44. The van der Waals surface area contributed by atoms with Gasteiger partial charge in [0.15, 0.2) is 0 Å². The zero-order valence-corrected chi connectivity index (χ0v) is 13.1. The largest absolute Gasteiger partial charge is 0.393 e. The third-order valence-electron chi connectivity index (χ3n) is 7.83. The maximum absolute atomic E-state index is 12.5. The minimum absolute atomic E-state index is 0.122. The van der Waals surface area contributed by atoms with Crippen LogP contribution >= 0.6 is 0 Å². The van der Waals surface area contributed by atoms with E-state index in [2.05, 4.69) is 6.92 Å². The van der Waals surface area contributed by atoms with Gasteiger partial charge in [-0.1, -0.05) is 13.8 Å². The molecule has 7 atom stereocenters. The second-order valence-electron chi connectivity index (χ2n) is 8.54. The Morgan fingerprint density at radius 3 is 2.81 bits per heavy atom. The average Bonchev–Trinajstić information content (AvgIpc) is 2.81. The number of hydrogen-bond donors (Lipinski definition) is 1. The van der Waals surface area contributed by atoms with E-state index in [9.17, 15) is 9.90 Å². The van der Waals surface area contributed by atoms with Crippen molar-refractivity contribution in [1.29, 1.82) is 0 Å². The van der Waals surface area contributed by atoms with Crippen molar-refractivity contribution in [3.05, 3.63) is 0 Å². The van der Waals surface area contributed by atoms with E-state index in [0.29, 0.717) is 43.3 Å². The third-order valence-corrected chi connectivity index (χ3v) is 7.83. The molecule has 0 spiro atoms. The Bertz CT molecular complexity index is 545. The van der Waals surface area contributed by atoms with Gasteiger partial charge < -0.3 is 5.11 Å². The molecular weight excluding hydrogens is 260 g/mol. The minimum Gasteiger partial charge on any atom is -0.393 e. The lowest BCUT2D eigenvalue weighted by Gasteiger charge is -2.60. The van der Waals surface area contributed by atoms with Crippen LogP contribution in [-0.4, -0.2) is 17.0 Å². The van der Waals surface area contributed by atoms with Crippen molar-refractivity contribution in [3.8, 4) is 0 Å². The number of aliphatic hydroxyl groups excluding tert-OH is 1. The molecule has 0 heterocycles. The SMILES string of the molecule is [2H]C([2H])([2H])[C@@]12CC[C@H](O)C[C@H]1CC[C@H]1[C@H]2CC[C@@]2(C)C(=O)CC[C@H]12. The number of carbonyl (C=O) groups is 1. The van der Waals surface area contributed by atoms with Crippen molar-refractivity contribution in [2.75, 3.05) is 0 Å². The van der Waals surface area contributed by atoms with Crippen molar-refractivity contribution in [2.45, 2.75) is 77.7 Å². The van der Waals surface area contributed by atoms with Crippen LogP contribution in [0.5, 0.6) is 0 Å². The van der Waals surface area contributed by atoms with E-state index >= 15 is 0 Å². The number of Topliss-reactive ketones (excluding diaryl/α,β-unsaturated/α-hetero) is 1.